The highest BCUT2D eigenvalue weighted by Gasteiger charge is 2.24. The van der Waals surface area contributed by atoms with E-state index in [0.29, 0.717) is 6.17 Å². The minimum absolute atomic E-state index is 0.640. The average molecular weight is 603 g/mol. The third-order valence-corrected chi connectivity index (χ3v) is 10.1. The Balaban J connectivity index is 2.12. The van der Waals surface area contributed by atoms with Gasteiger partial charge in [0.15, 0.2) is 0 Å². The molecule has 0 aromatic carbocycles. The van der Waals surface area contributed by atoms with Gasteiger partial charge >= 0.3 is 0 Å². The minimum atomic E-state index is 0.640. The normalized spacial score (nSPS) is 14.9. The van der Waals surface area contributed by atoms with Gasteiger partial charge < -0.3 is 9.80 Å². The van der Waals surface area contributed by atoms with Gasteiger partial charge in [0.05, 0.1) is 0 Å². The fourth-order valence-electron chi connectivity index (χ4n) is 7.07. The molecule has 1 aliphatic rings. The molecule has 1 unspecified atom stereocenters. The van der Waals surface area contributed by atoms with Crippen LogP contribution in [-0.4, -0.2) is 29.1 Å². The third kappa shape index (κ3) is 25.2. The van der Waals surface area contributed by atoms with Gasteiger partial charge in [-0.15, -0.1) is 0 Å². The van der Waals surface area contributed by atoms with Gasteiger partial charge in [0.2, 0.25) is 0 Å². The summed E-state index contributed by atoms with van der Waals surface area (Å²) in [5, 5.41) is 0. The van der Waals surface area contributed by atoms with Gasteiger partial charge in [0, 0.05) is 25.5 Å². The molecule has 1 heterocycles. The fraction of sp³-hybridized carbons (Fsp3) is 0.951. The second-order valence-corrected chi connectivity index (χ2v) is 14.3. The number of rotatable bonds is 35. The molecule has 0 aliphatic carbocycles. The molecule has 1 atom stereocenters. The quantitative estimate of drug-likeness (QED) is 0.0666. The van der Waals surface area contributed by atoms with E-state index in [0.717, 1.165) is 0 Å². The molecule has 2 nitrogen and oxygen atoms in total. The van der Waals surface area contributed by atoms with E-state index in [9.17, 15) is 0 Å². The van der Waals surface area contributed by atoms with E-state index in [1.807, 2.05) is 0 Å². The molecule has 1 rings (SSSR count). The zero-order valence-corrected chi connectivity index (χ0v) is 30.4. The van der Waals surface area contributed by atoms with Crippen LogP contribution in [-0.2, 0) is 0 Å². The van der Waals surface area contributed by atoms with E-state index in [2.05, 4.69) is 43.0 Å². The maximum atomic E-state index is 2.71. The highest BCUT2D eigenvalue weighted by molar-refractivity contribution is 4.97. The Morgan fingerprint density at radius 2 is 0.535 bits per heavy atom. The molecular weight excluding hydrogens is 520 g/mol. The van der Waals surface area contributed by atoms with Crippen LogP contribution in [0.5, 0.6) is 0 Å². The molecule has 0 spiro atoms. The van der Waals surface area contributed by atoms with Crippen LogP contribution in [0.3, 0.4) is 0 Å². The molecule has 1 aliphatic heterocycles. The lowest BCUT2D eigenvalue weighted by molar-refractivity contribution is 0.135. The molecule has 0 bridgehead atoms. The SMILES string of the molecule is CCCCCCCCCCCCCCCCCCN1C=CN(CCCCCCCCCCCC)C1CCCCCCCC. The van der Waals surface area contributed by atoms with Gasteiger partial charge in [-0.3, -0.25) is 0 Å². The first-order chi connectivity index (χ1) is 21.3. The van der Waals surface area contributed by atoms with Crippen LogP contribution in [0.15, 0.2) is 12.4 Å². The summed E-state index contributed by atoms with van der Waals surface area (Å²) in [5.74, 6) is 0. The van der Waals surface area contributed by atoms with Crippen molar-refractivity contribution in [2.45, 2.75) is 239 Å². The van der Waals surface area contributed by atoms with Crippen molar-refractivity contribution in [3.63, 3.8) is 0 Å². The van der Waals surface area contributed by atoms with Crippen LogP contribution >= 0.6 is 0 Å². The van der Waals surface area contributed by atoms with Gasteiger partial charge in [0.1, 0.15) is 6.17 Å². The average Bonchev–Trinajstić information content (AvgIpc) is 3.40. The summed E-state index contributed by atoms with van der Waals surface area (Å²) in [4.78, 5) is 5.43. The lowest BCUT2D eigenvalue weighted by atomic mass is 10.0. The number of hydrogen-bond donors (Lipinski definition) is 0. The Morgan fingerprint density at radius 1 is 0.302 bits per heavy atom. The summed E-state index contributed by atoms with van der Waals surface area (Å²) in [7, 11) is 0. The fourth-order valence-corrected chi connectivity index (χ4v) is 7.07. The van der Waals surface area contributed by atoms with E-state index in [-0.39, 0.29) is 0 Å². The molecule has 0 amide bonds. The number of nitrogens with zero attached hydrogens (tertiary/aromatic N) is 2. The molecule has 2 heteroatoms. The zero-order chi connectivity index (χ0) is 30.9. The Hall–Kier alpha value is -0.660. The minimum Gasteiger partial charge on any atom is -0.356 e. The van der Waals surface area contributed by atoms with Crippen molar-refractivity contribution < 1.29 is 0 Å². The summed E-state index contributed by atoms with van der Waals surface area (Å²) in [6.07, 6.45) is 52.9. The van der Waals surface area contributed by atoms with Crippen LogP contribution in [0.1, 0.15) is 233 Å². The first-order valence-electron chi connectivity index (χ1n) is 20.5. The van der Waals surface area contributed by atoms with Crippen LogP contribution in [0.4, 0.5) is 0 Å². The molecule has 0 aromatic heterocycles. The van der Waals surface area contributed by atoms with Crippen LogP contribution in [0.25, 0.3) is 0 Å². The maximum absolute atomic E-state index is 2.71. The van der Waals surface area contributed by atoms with Crippen molar-refractivity contribution in [3.05, 3.63) is 12.4 Å². The van der Waals surface area contributed by atoms with Gasteiger partial charge in [0.25, 0.3) is 0 Å². The predicted molar refractivity (Wildman–Crippen MR) is 196 cm³/mol. The van der Waals surface area contributed by atoms with Crippen molar-refractivity contribution in [2.75, 3.05) is 13.1 Å². The molecular formula is C41H82N2. The molecule has 0 saturated heterocycles. The smallest absolute Gasteiger partial charge is 0.101 e. The van der Waals surface area contributed by atoms with E-state index in [1.54, 1.807) is 0 Å². The Kier molecular flexibility index (Phi) is 30.7. The van der Waals surface area contributed by atoms with E-state index >= 15 is 0 Å². The molecule has 0 saturated carbocycles. The van der Waals surface area contributed by atoms with Crippen molar-refractivity contribution in [3.8, 4) is 0 Å². The maximum Gasteiger partial charge on any atom is 0.101 e. The van der Waals surface area contributed by atoms with Crippen LogP contribution in [0, 0.1) is 0 Å². The van der Waals surface area contributed by atoms with Gasteiger partial charge in [-0.25, -0.2) is 0 Å². The summed E-state index contributed by atoms with van der Waals surface area (Å²) >= 11 is 0. The molecule has 0 radical (unpaired) electrons. The largest absolute Gasteiger partial charge is 0.356 e. The second-order valence-electron chi connectivity index (χ2n) is 14.3. The molecule has 0 fully saturated rings. The summed E-state index contributed by atoms with van der Waals surface area (Å²) in [6, 6.07) is 0. The standard InChI is InChI=1S/C41H82N2/c1-4-7-10-13-16-18-20-21-22-23-24-25-27-29-32-35-38-43-40-39-42(41(43)36-33-30-15-12-9-6-3)37-34-31-28-26-19-17-14-11-8-5-2/h39-41H,4-38H2,1-3H3. The van der Waals surface area contributed by atoms with E-state index in [4.69, 9.17) is 0 Å². The highest BCUT2D eigenvalue weighted by Crippen LogP contribution is 2.24. The van der Waals surface area contributed by atoms with Gasteiger partial charge in [-0.05, 0) is 25.7 Å². The lowest BCUT2D eigenvalue weighted by Gasteiger charge is -2.33. The molecule has 0 N–H and O–H groups in total. The van der Waals surface area contributed by atoms with E-state index in [1.165, 1.54) is 225 Å². The number of unbranched alkanes of at least 4 members (excludes halogenated alkanes) is 29. The molecule has 43 heavy (non-hydrogen) atoms. The van der Waals surface area contributed by atoms with E-state index < -0.39 is 0 Å². The topological polar surface area (TPSA) is 6.48 Å². The molecule has 256 valence electrons. The summed E-state index contributed by atoms with van der Waals surface area (Å²) < 4.78 is 0. The Bertz CT molecular complexity index is 558. The summed E-state index contributed by atoms with van der Waals surface area (Å²) in [5.41, 5.74) is 0. The van der Waals surface area contributed by atoms with Crippen molar-refractivity contribution in [1.29, 1.82) is 0 Å². The lowest BCUT2D eigenvalue weighted by Crippen LogP contribution is -2.39. The van der Waals surface area contributed by atoms with Crippen LogP contribution in [0.2, 0.25) is 0 Å². The van der Waals surface area contributed by atoms with Crippen molar-refractivity contribution >= 4 is 0 Å². The predicted octanol–water partition coefficient (Wildman–Crippen LogP) is 14.3. The Morgan fingerprint density at radius 3 is 0.814 bits per heavy atom. The molecule has 0 aromatic rings. The second kappa shape index (κ2) is 32.7. The number of hydrogen-bond acceptors (Lipinski definition) is 2. The first-order valence-corrected chi connectivity index (χ1v) is 20.5. The Labute approximate surface area is 273 Å². The monoisotopic (exact) mass is 603 g/mol. The highest BCUT2D eigenvalue weighted by atomic mass is 15.4. The van der Waals surface area contributed by atoms with Crippen molar-refractivity contribution in [1.82, 2.24) is 9.80 Å². The first kappa shape index (κ1) is 40.4. The van der Waals surface area contributed by atoms with Crippen LogP contribution < -0.4 is 0 Å². The van der Waals surface area contributed by atoms with Crippen molar-refractivity contribution in [2.24, 2.45) is 0 Å². The summed E-state index contributed by atoms with van der Waals surface area (Å²) in [6.45, 7) is 9.49. The third-order valence-electron chi connectivity index (χ3n) is 10.1. The van der Waals surface area contributed by atoms with Gasteiger partial charge in [-0.1, -0.05) is 207 Å². The van der Waals surface area contributed by atoms with Gasteiger partial charge in [-0.2, -0.15) is 0 Å². The zero-order valence-electron chi connectivity index (χ0n) is 30.4.